The van der Waals surface area contributed by atoms with E-state index in [1.54, 1.807) is 30.3 Å². The Morgan fingerprint density at radius 2 is 1.71 bits per heavy atom. The van der Waals surface area contributed by atoms with Crippen LogP contribution in [-0.4, -0.2) is 46.4 Å². The van der Waals surface area contributed by atoms with Gasteiger partial charge in [0.2, 0.25) is 0 Å². The highest BCUT2D eigenvalue weighted by molar-refractivity contribution is 6.10. The SMILES string of the molecule is O=C(c1ccc2c(c1)oc(=O)n2CN1CCN(c2ccc([N+](=O)[O-])cc2)CC1)c1ccccc1F. The Bertz CT molecular complexity index is 1470. The average Bonchev–Trinajstić information content (AvgIpc) is 3.18. The van der Waals surface area contributed by atoms with Crippen LogP contribution in [0.1, 0.15) is 15.9 Å². The molecule has 1 aliphatic heterocycles. The maximum Gasteiger partial charge on any atom is 0.421 e. The first-order valence-electron chi connectivity index (χ1n) is 11.0. The summed E-state index contributed by atoms with van der Waals surface area (Å²) in [7, 11) is 0. The van der Waals surface area contributed by atoms with Crippen LogP contribution in [0.15, 0.2) is 75.9 Å². The fourth-order valence-corrected chi connectivity index (χ4v) is 4.28. The van der Waals surface area contributed by atoms with Gasteiger partial charge in [0, 0.05) is 49.6 Å². The first-order valence-corrected chi connectivity index (χ1v) is 11.0. The van der Waals surface area contributed by atoms with E-state index in [9.17, 15) is 24.1 Å². The molecule has 1 fully saturated rings. The molecule has 1 aliphatic rings. The smallest absolute Gasteiger partial charge is 0.408 e. The molecule has 178 valence electrons. The first-order chi connectivity index (χ1) is 16.9. The number of fused-ring (bicyclic) bond motifs is 1. The number of oxazole rings is 1. The Morgan fingerprint density at radius 1 is 1.00 bits per heavy atom. The molecule has 0 unspecified atom stereocenters. The zero-order chi connectivity index (χ0) is 24.5. The van der Waals surface area contributed by atoms with Crippen LogP contribution >= 0.6 is 0 Å². The summed E-state index contributed by atoms with van der Waals surface area (Å²) in [5.41, 5.74) is 1.98. The number of rotatable bonds is 6. The second-order valence-corrected chi connectivity index (χ2v) is 8.31. The quantitative estimate of drug-likeness (QED) is 0.238. The summed E-state index contributed by atoms with van der Waals surface area (Å²) < 4.78 is 20.9. The maximum atomic E-state index is 14.0. The van der Waals surface area contributed by atoms with Crippen LogP contribution in [0, 0.1) is 15.9 Å². The second kappa shape index (κ2) is 9.15. The number of hydrogen-bond acceptors (Lipinski definition) is 7. The minimum absolute atomic E-state index is 0.0421. The van der Waals surface area contributed by atoms with E-state index in [0.717, 1.165) is 5.69 Å². The number of aromatic nitrogens is 1. The number of piperazine rings is 1. The molecule has 1 saturated heterocycles. The van der Waals surface area contributed by atoms with E-state index in [1.807, 2.05) is 0 Å². The fraction of sp³-hybridized carbons (Fsp3) is 0.200. The van der Waals surface area contributed by atoms with Gasteiger partial charge >= 0.3 is 5.76 Å². The molecule has 10 heteroatoms. The Balaban J connectivity index is 1.29. The molecule has 2 heterocycles. The minimum atomic E-state index is -0.607. The molecule has 0 atom stereocenters. The Labute approximate surface area is 198 Å². The van der Waals surface area contributed by atoms with Crippen molar-refractivity contribution in [3.63, 3.8) is 0 Å². The molecular formula is C25H21FN4O5. The Kier molecular flexibility index (Phi) is 5.87. The van der Waals surface area contributed by atoms with Crippen LogP contribution in [0.4, 0.5) is 15.8 Å². The highest BCUT2D eigenvalue weighted by atomic mass is 19.1. The van der Waals surface area contributed by atoms with Crippen LogP contribution in [-0.2, 0) is 6.67 Å². The van der Waals surface area contributed by atoms with Gasteiger partial charge in [0.05, 0.1) is 22.7 Å². The van der Waals surface area contributed by atoms with Gasteiger partial charge in [-0.05, 0) is 42.5 Å². The van der Waals surface area contributed by atoms with Gasteiger partial charge in [-0.15, -0.1) is 0 Å². The molecular weight excluding hydrogens is 455 g/mol. The molecule has 4 aromatic rings. The van der Waals surface area contributed by atoms with E-state index in [4.69, 9.17) is 4.42 Å². The highest BCUT2D eigenvalue weighted by Crippen LogP contribution is 2.22. The summed E-state index contributed by atoms with van der Waals surface area (Å²) in [6.45, 7) is 3.08. The molecule has 9 nitrogen and oxygen atoms in total. The molecule has 0 saturated carbocycles. The molecule has 0 radical (unpaired) electrons. The van der Waals surface area contributed by atoms with E-state index in [-0.39, 0.29) is 22.4 Å². The number of hydrogen-bond donors (Lipinski definition) is 0. The van der Waals surface area contributed by atoms with Crippen molar-refractivity contribution >= 4 is 28.3 Å². The number of benzene rings is 3. The predicted octanol–water partition coefficient (Wildman–Crippen LogP) is 3.65. The van der Waals surface area contributed by atoms with Gasteiger partial charge in [0.15, 0.2) is 11.4 Å². The van der Waals surface area contributed by atoms with E-state index in [0.29, 0.717) is 38.4 Å². The molecule has 0 bridgehead atoms. The van der Waals surface area contributed by atoms with Crippen molar-refractivity contribution in [2.24, 2.45) is 0 Å². The lowest BCUT2D eigenvalue weighted by Crippen LogP contribution is -2.47. The fourth-order valence-electron chi connectivity index (χ4n) is 4.28. The number of nitro groups is 1. The number of non-ortho nitro benzene ring substituents is 1. The monoisotopic (exact) mass is 476 g/mol. The number of anilines is 1. The molecule has 0 aliphatic carbocycles. The lowest BCUT2D eigenvalue weighted by Gasteiger charge is -2.36. The summed E-state index contributed by atoms with van der Waals surface area (Å²) in [5, 5.41) is 10.9. The Hall–Kier alpha value is -4.31. The number of carbonyl (C=O) groups is 1. The Morgan fingerprint density at radius 3 is 2.40 bits per heavy atom. The zero-order valence-electron chi connectivity index (χ0n) is 18.6. The average molecular weight is 476 g/mol. The topological polar surface area (TPSA) is 102 Å². The van der Waals surface area contributed by atoms with Crippen molar-refractivity contribution < 1.29 is 18.5 Å². The van der Waals surface area contributed by atoms with Gasteiger partial charge in [-0.1, -0.05) is 12.1 Å². The van der Waals surface area contributed by atoms with Crippen molar-refractivity contribution in [2.45, 2.75) is 6.67 Å². The van der Waals surface area contributed by atoms with Gasteiger partial charge in [-0.25, -0.2) is 9.18 Å². The highest BCUT2D eigenvalue weighted by Gasteiger charge is 2.21. The number of halogens is 1. The van der Waals surface area contributed by atoms with Crippen LogP contribution in [0.2, 0.25) is 0 Å². The van der Waals surface area contributed by atoms with Gasteiger partial charge < -0.3 is 9.32 Å². The third-order valence-corrected chi connectivity index (χ3v) is 6.19. The van der Waals surface area contributed by atoms with E-state index in [1.165, 1.54) is 41.0 Å². The van der Waals surface area contributed by atoms with Crippen molar-refractivity contribution in [1.29, 1.82) is 0 Å². The van der Waals surface area contributed by atoms with E-state index < -0.39 is 22.3 Å². The minimum Gasteiger partial charge on any atom is -0.408 e. The maximum absolute atomic E-state index is 14.0. The summed E-state index contributed by atoms with van der Waals surface area (Å²) >= 11 is 0. The van der Waals surface area contributed by atoms with Crippen LogP contribution < -0.4 is 10.7 Å². The third kappa shape index (κ3) is 4.43. The molecule has 0 amide bonds. The second-order valence-electron chi connectivity index (χ2n) is 8.31. The predicted molar refractivity (Wildman–Crippen MR) is 127 cm³/mol. The van der Waals surface area contributed by atoms with Crippen LogP contribution in [0.25, 0.3) is 11.1 Å². The molecule has 1 aromatic heterocycles. The standard InChI is InChI=1S/C25H21FN4O5/c26-21-4-2-1-3-20(21)24(31)17-5-10-22-23(15-17)35-25(32)29(22)16-27-11-13-28(14-12-27)18-6-8-19(9-7-18)30(33)34/h1-10,15H,11-14,16H2. The van der Waals surface area contributed by atoms with E-state index in [2.05, 4.69) is 9.80 Å². The normalized spacial score (nSPS) is 14.4. The van der Waals surface area contributed by atoms with Gasteiger partial charge in [0.1, 0.15) is 5.82 Å². The number of nitro benzene ring substituents is 1. The number of carbonyl (C=O) groups excluding carboxylic acids is 1. The first kappa shape index (κ1) is 22.5. The zero-order valence-corrected chi connectivity index (χ0v) is 18.6. The van der Waals surface area contributed by atoms with Crippen molar-refractivity contribution in [1.82, 2.24) is 9.47 Å². The molecule has 35 heavy (non-hydrogen) atoms. The number of nitrogens with zero attached hydrogens (tertiary/aromatic N) is 4. The molecule has 0 N–H and O–H groups in total. The van der Waals surface area contributed by atoms with Crippen molar-refractivity contribution in [2.75, 3.05) is 31.1 Å². The van der Waals surface area contributed by atoms with Crippen LogP contribution in [0.5, 0.6) is 0 Å². The third-order valence-electron chi connectivity index (χ3n) is 6.19. The van der Waals surface area contributed by atoms with Gasteiger partial charge in [0.25, 0.3) is 5.69 Å². The number of ketones is 1. The summed E-state index contributed by atoms with van der Waals surface area (Å²) in [6, 6.07) is 16.9. The lowest BCUT2D eigenvalue weighted by molar-refractivity contribution is -0.384. The lowest BCUT2D eigenvalue weighted by atomic mass is 10.0. The molecule has 3 aromatic carbocycles. The van der Waals surface area contributed by atoms with E-state index >= 15 is 0 Å². The molecule has 5 rings (SSSR count). The van der Waals surface area contributed by atoms with Crippen molar-refractivity contribution in [3.05, 3.63) is 104 Å². The largest absolute Gasteiger partial charge is 0.421 e. The molecule has 0 spiro atoms. The van der Waals surface area contributed by atoms with Crippen LogP contribution in [0.3, 0.4) is 0 Å². The van der Waals surface area contributed by atoms with Gasteiger partial charge in [-0.3, -0.25) is 24.4 Å². The summed E-state index contributed by atoms with van der Waals surface area (Å²) in [5.74, 6) is -1.62. The van der Waals surface area contributed by atoms with Gasteiger partial charge in [-0.2, -0.15) is 0 Å². The summed E-state index contributed by atoms with van der Waals surface area (Å²) in [4.78, 5) is 39.9. The summed E-state index contributed by atoms with van der Waals surface area (Å²) in [6.07, 6.45) is 0. The van der Waals surface area contributed by atoms with Crippen molar-refractivity contribution in [3.8, 4) is 0 Å².